The summed E-state index contributed by atoms with van der Waals surface area (Å²) in [6.45, 7) is 2.34. The summed E-state index contributed by atoms with van der Waals surface area (Å²) in [4.78, 5) is 2.49. The van der Waals surface area contributed by atoms with Gasteiger partial charge in [0.05, 0.1) is 0 Å². The first kappa shape index (κ1) is 10.6. The Hall–Kier alpha value is 0.540. The minimum absolute atomic E-state index is 0.614. The van der Waals surface area contributed by atoms with Gasteiger partial charge in [0.25, 0.3) is 0 Å². The van der Waals surface area contributed by atoms with Crippen LogP contribution in [-0.2, 0) is 0 Å². The molecule has 72 valence electrons. The van der Waals surface area contributed by atoms with Crippen molar-refractivity contribution >= 4 is 23.2 Å². The van der Waals surface area contributed by atoms with Gasteiger partial charge in [0, 0.05) is 17.8 Å². The Morgan fingerprint density at radius 2 is 2.08 bits per heavy atom. The van der Waals surface area contributed by atoms with E-state index in [2.05, 4.69) is 4.90 Å². The normalized spacial score (nSPS) is 26.0. The second-order valence-corrected chi connectivity index (χ2v) is 4.07. The van der Waals surface area contributed by atoms with Gasteiger partial charge in [0.1, 0.15) is 0 Å². The second kappa shape index (κ2) is 6.06. The predicted octanol–water partition coefficient (Wildman–Crippen LogP) is 2.71. The van der Waals surface area contributed by atoms with Crippen molar-refractivity contribution in [2.24, 2.45) is 0 Å². The van der Waals surface area contributed by atoms with Crippen LogP contribution in [0, 0.1) is 0 Å². The summed E-state index contributed by atoms with van der Waals surface area (Å²) < 4.78 is 0. The number of rotatable bonds is 4. The van der Waals surface area contributed by atoms with E-state index in [1.165, 1.54) is 25.8 Å². The molecule has 0 radical (unpaired) electrons. The lowest BCUT2D eigenvalue weighted by Crippen LogP contribution is -2.41. The molecule has 3 heteroatoms. The summed E-state index contributed by atoms with van der Waals surface area (Å²) in [6.07, 6.45) is 5.03. The van der Waals surface area contributed by atoms with E-state index in [0.717, 1.165) is 24.7 Å². The summed E-state index contributed by atoms with van der Waals surface area (Å²) in [5.74, 6) is 1.55. The second-order valence-electron chi connectivity index (χ2n) is 3.38. The van der Waals surface area contributed by atoms with Crippen LogP contribution in [0.2, 0.25) is 0 Å². The molecule has 0 N–H and O–H groups in total. The zero-order valence-electron chi connectivity index (χ0n) is 7.44. The molecule has 12 heavy (non-hydrogen) atoms. The Balaban J connectivity index is 2.26. The Kier molecular flexibility index (Phi) is 5.37. The van der Waals surface area contributed by atoms with Gasteiger partial charge in [0.2, 0.25) is 0 Å². The molecule has 1 atom stereocenters. The van der Waals surface area contributed by atoms with Crippen molar-refractivity contribution in [2.75, 3.05) is 24.8 Å². The molecule has 1 rings (SSSR count). The van der Waals surface area contributed by atoms with Gasteiger partial charge in [-0.05, 0) is 32.4 Å². The molecule has 0 saturated carbocycles. The van der Waals surface area contributed by atoms with Crippen LogP contribution in [0.25, 0.3) is 0 Å². The first-order valence-corrected chi connectivity index (χ1v) is 5.81. The molecule has 0 spiro atoms. The SMILES string of the molecule is ClCCCN1CCCC[C@H]1CCl. The maximum absolute atomic E-state index is 5.88. The number of nitrogens with zero attached hydrogens (tertiary/aromatic N) is 1. The van der Waals surface area contributed by atoms with Crippen LogP contribution >= 0.6 is 23.2 Å². The van der Waals surface area contributed by atoms with E-state index in [-0.39, 0.29) is 0 Å². The smallest absolute Gasteiger partial charge is 0.0379 e. The molecule has 1 aliphatic rings. The molecule has 1 fully saturated rings. The Labute approximate surface area is 85.0 Å². The molecule has 0 amide bonds. The largest absolute Gasteiger partial charge is 0.299 e. The van der Waals surface area contributed by atoms with Gasteiger partial charge in [-0.25, -0.2) is 0 Å². The average molecular weight is 210 g/mol. The Morgan fingerprint density at radius 3 is 2.75 bits per heavy atom. The van der Waals surface area contributed by atoms with Crippen LogP contribution in [0.5, 0.6) is 0 Å². The summed E-state index contributed by atoms with van der Waals surface area (Å²) in [5.41, 5.74) is 0. The van der Waals surface area contributed by atoms with E-state index in [1.54, 1.807) is 0 Å². The molecule has 1 nitrogen and oxygen atoms in total. The zero-order valence-corrected chi connectivity index (χ0v) is 8.95. The van der Waals surface area contributed by atoms with Crippen molar-refractivity contribution in [3.63, 3.8) is 0 Å². The van der Waals surface area contributed by atoms with Crippen LogP contribution in [0.4, 0.5) is 0 Å². The minimum Gasteiger partial charge on any atom is -0.299 e. The number of hydrogen-bond acceptors (Lipinski definition) is 1. The number of alkyl halides is 2. The van der Waals surface area contributed by atoms with Gasteiger partial charge >= 0.3 is 0 Å². The number of halogens is 2. The quantitative estimate of drug-likeness (QED) is 0.645. The van der Waals surface area contributed by atoms with Crippen molar-refractivity contribution < 1.29 is 0 Å². The molecule has 1 heterocycles. The van der Waals surface area contributed by atoms with Crippen LogP contribution in [-0.4, -0.2) is 35.8 Å². The first-order valence-electron chi connectivity index (χ1n) is 4.74. The zero-order chi connectivity index (χ0) is 8.81. The third kappa shape index (κ3) is 3.12. The van der Waals surface area contributed by atoms with E-state index in [9.17, 15) is 0 Å². The van der Waals surface area contributed by atoms with Gasteiger partial charge in [-0.3, -0.25) is 4.90 Å². The van der Waals surface area contributed by atoms with Crippen LogP contribution in [0.3, 0.4) is 0 Å². The van der Waals surface area contributed by atoms with Crippen LogP contribution < -0.4 is 0 Å². The van der Waals surface area contributed by atoms with Crippen LogP contribution in [0.15, 0.2) is 0 Å². The first-order chi connectivity index (χ1) is 5.88. The molecule has 0 aromatic rings. The molecular weight excluding hydrogens is 193 g/mol. The summed E-state index contributed by atoms with van der Waals surface area (Å²) in [7, 11) is 0. The molecular formula is C9H17Cl2N. The fourth-order valence-electron chi connectivity index (χ4n) is 1.79. The summed E-state index contributed by atoms with van der Waals surface area (Å²) >= 11 is 11.5. The molecule has 0 unspecified atom stereocenters. The molecule has 0 aliphatic carbocycles. The maximum atomic E-state index is 5.88. The number of likely N-dealkylation sites (tertiary alicyclic amines) is 1. The maximum Gasteiger partial charge on any atom is 0.0379 e. The summed E-state index contributed by atoms with van der Waals surface area (Å²) in [6, 6.07) is 0.614. The monoisotopic (exact) mass is 209 g/mol. The highest BCUT2D eigenvalue weighted by molar-refractivity contribution is 6.18. The fraction of sp³-hybridized carbons (Fsp3) is 1.00. The molecule has 0 bridgehead atoms. The highest BCUT2D eigenvalue weighted by Crippen LogP contribution is 2.18. The standard InChI is InChI=1S/C9H17Cl2N/c10-5-3-7-12-6-2-1-4-9(12)8-11/h9H,1-8H2/t9-/m0/s1. The van der Waals surface area contributed by atoms with Crippen LogP contribution in [0.1, 0.15) is 25.7 Å². The Morgan fingerprint density at radius 1 is 1.25 bits per heavy atom. The summed E-state index contributed by atoms with van der Waals surface area (Å²) in [5, 5.41) is 0. The van der Waals surface area contributed by atoms with Gasteiger partial charge < -0.3 is 0 Å². The highest BCUT2D eigenvalue weighted by Gasteiger charge is 2.20. The lowest BCUT2D eigenvalue weighted by atomic mass is 10.0. The van der Waals surface area contributed by atoms with Crippen molar-refractivity contribution in [2.45, 2.75) is 31.7 Å². The lowest BCUT2D eigenvalue weighted by Gasteiger charge is -2.34. The van der Waals surface area contributed by atoms with E-state index in [1.807, 2.05) is 0 Å². The predicted molar refractivity (Wildman–Crippen MR) is 55.3 cm³/mol. The van der Waals surface area contributed by atoms with Gasteiger partial charge in [0.15, 0.2) is 0 Å². The average Bonchev–Trinajstić information content (AvgIpc) is 2.15. The topological polar surface area (TPSA) is 3.24 Å². The lowest BCUT2D eigenvalue weighted by molar-refractivity contribution is 0.164. The van der Waals surface area contributed by atoms with Crippen molar-refractivity contribution in [1.29, 1.82) is 0 Å². The number of piperidine rings is 1. The molecule has 1 aliphatic heterocycles. The Bertz CT molecular complexity index is 119. The van der Waals surface area contributed by atoms with Gasteiger partial charge in [-0.2, -0.15) is 0 Å². The third-order valence-electron chi connectivity index (χ3n) is 2.51. The van der Waals surface area contributed by atoms with E-state index < -0.39 is 0 Å². The van der Waals surface area contributed by atoms with E-state index in [4.69, 9.17) is 23.2 Å². The van der Waals surface area contributed by atoms with Crippen molar-refractivity contribution in [3.05, 3.63) is 0 Å². The third-order valence-corrected chi connectivity index (χ3v) is 3.13. The molecule has 1 saturated heterocycles. The molecule has 0 aromatic heterocycles. The van der Waals surface area contributed by atoms with E-state index in [0.29, 0.717) is 6.04 Å². The highest BCUT2D eigenvalue weighted by atomic mass is 35.5. The van der Waals surface area contributed by atoms with Gasteiger partial charge in [-0.1, -0.05) is 6.42 Å². The van der Waals surface area contributed by atoms with Gasteiger partial charge in [-0.15, -0.1) is 23.2 Å². The van der Waals surface area contributed by atoms with Crippen molar-refractivity contribution in [3.8, 4) is 0 Å². The molecule has 0 aromatic carbocycles. The minimum atomic E-state index is 0.614. The number of hydrogen-bond donors (Lipinski definition) is 0. The van der Waals surface area contributed by atoms with Crippen molar-refractivity contribution in [1.82, 2.24) is 4.90 Å². The van der Waals surface area contributed by atoms with E-state index >= 15 is 0 Å². The fourth-order valence-corrected chi connectivity index (χ4v) is 2.26.